The van der Waals surface area contributed by atoms with E-state index in [1.807, 2.05) is 24.3 Å². The van der Waals surface area contributed by atoms with Gasteiger partial charge in [0.05, 0.1) is 18.8 Å². The summed E-state index contributed by atoms with van der Waals surface area (Å²) in [6.45, 7) is 2.20. The molecule has 1 aromatic carbocycles. The van der Waals surface area contributed by atoms with Gasteiger partial charge < -0.3 is 9.84 Å². The van der Waals surface area contributed by atoms with Crippen LogP contribution in [0.3, 0.4) is 0 Å². The SMILES string of the molecule is CC1CCC(c2ccccc2CO)O1. The molecule has 1 aromatic rings. The average Bonchev–Trinajstić information content (AvgIpc) is 2.65. The van der Waals surface area contributed by atoms with E-state index in [4.69, 9.17) is 4.74 Å². The van der Waals surface area contributed by atoms with Crippen LogP contribution in [0.4, 0.5) is 0 Å². The monoisotopic (exact) mass is 192 g/mol. The minimum Gasteiger partial charge on any atom is -0.392 e. The van der Waals surface area contributed by atoms with Crippen LogP contribution < -0.4 is 0 Å². The molecule has 0 aromatic heterocycles. The van der Waals surface area contributed by atoms with Crippen LogP contribution in [0.1, 0.15) is 37.0 Å². The van der Waals surface area contributed by atoms with E-state index in [-0.39, 0.29) is 12.7 Å². The van der Waals surface area contributed by atoms with Gasteiger partial charge in [0.25, 0.3) is 0 Å². The lowest BCUT2D eigenvalue weighted by Gasteiger charge is -2.14. The maximum absolute atomic E-state index is 9.19. The van der Waals surface area contributed by atoms with Crippen molar-refractivity contribution >= 4 is 0 Å². The normalized spacial score (nSPS) is 26.7. The molecule has 0 aliphatic carbocycles. The van der Waals surface area contributed by atoms with E-state index in [9.17, 15) is 5.11 Å². The highest BCUT2D eigenvalue weighted by Gasteiger charge is 2.24. The van der Waals surface area contributed by atoms with Gasteiger partial charge in [0.1, 0.15) is 0 Å². The lowest BCUT2D eigenvalue weighted by atomic mass is 10.0. The standard InChI is InChI=1S/C12H16O2/c1-9-6-7-12(14-9)11-5-3-2-4-10(11)8-13/h2-5,9,12-13H,6-8H2,1H3. The minimum absolute atomic E-state index is 0.102. The Balaban J connectivity index is 2.22. The number of hydrogen-bond acceptors (Lipinski definition) is 2. The largest absolute Gasteiger partial charge is 0.392 e. The van der Waals surface area contributed by atoms with Crippen molar-refractivity contribution in [3.63, 3.8) is 0 Å². The van der Waals surface area contributed by atoms with Crippen molar-refractivity contribution < 1.29 is 9.84 Å². The first kappa shape index (κ1) is 9.69. The molecule has 2 heteroatoms. The number of rotatable bonds is 2. The molecule has 2 unspecified atom stereocenters. The molecule has 1 heterocycles. The molecule has 0 saturated carbocycles. The molecule has 14 heavy (non-hydrogen) atoms. The zero-order valence-electron chi connectivity index (χ0n) is 8.44. The summed E-state index contributed by atoms with van der Waals surface area (Å²) in [6, 6.07) is 7.96. The van der Waals surface area contributed by atoms with Crippen LogP contribution in [0.15, 0.2) is 24.3 Å². The van der Waals surface area contributed by atoms with E-state index < -0.39 is 0 Å². The lowest BCUT2D eigenvalue weighted by Crippen LogP contribution is -2.03. The van der Waals surface area contributed by atoms with Crippen LogP contribution in [0.25, 0.3) is 0 Å². The first-order valence-electron chi connectivity index (χ1n) is 5.15. The van der Waals surface area contributed by atoms with Crippen LogP contribution >= 0.6 is 0 Å². The number of aliphatic hydroxyl groups excluding tert-OH is 1. The van der Waals surface area contributed by atoms with Gasteiger partial charge in [-0.15, -0.1) is 0 Å². The molecular formula is C12H16O2. The number of ether oxygens (including phenoxy) is 1. The van der Waals surface area contributed by atoms with E-state index in [2.05, 4.69) is 6.92 Å². The summed E-state index contributed by atoms with van der Waals surface area (Å²) in [4.78, 5) is 0. The summed E-state index contributed by atoms with van der Waals surface area (Å²) in [5, 5.41) is 9.19. The zero-order valence-corrected chi connectivity index (χ0v) is 8.44. The summed E-state index contributed by atoms with van der Waals surface area (Å²) >= 11 is 0. The molecule has 1 saturated heterocycles. The minimum atomic E-state index is 0.102. The Kier molecular flexibility index (Phi) is 2.85. The molecular weight excluding hydrogens is 176 g/mol. The van der Waals surface area contributed by atoms with Crippen LogP contribution in [0, 0.1) is 0 Å². The van der Waals surface area contributed by atoms with Gasteiger partial charge in [-0.1, -0.05) is 24.3 Å². The summed E-state index contributed by atoms with van der Waals surface area (Å²) in [6.07, 6.45) is 2.72. The van der Waals surface area contributed by atoms with Crippen LogP contribution in [-0.2, 0) is 11.3 Å². The van der Waals surface area contributed by atoms with Gasteiger partial charge in [0.15, 0.2) is 0 Å². The van der Waals surface area contributed by atoms with Crippen LogP contribution in [-0.4, -0.2) is 11.2 Å². The highest BCUT2D eigenvalue weighted by molar-refractivity contribution is 5.29. The molecule has 2 atom stereocenters. The van der Waals surface area contributed by atoms with Crippen LogP contribution in [0.5, 0.6) is 0 Å². The van der Waals surface area contributed by atoms with Gasteiger partial charge in [-0.2, -0.15) is 0 Å². The predicted octanol–water partition coefficient (Wildman–Crippen LogP) is 2.42. The van der Waals surface area contributed by atoms with Crippen molar-refractivity contribution in [2.24, 2.45) is 0 Å². The van der Waals surface area contributed by atoms with Crippen molar-refractivity contribution in [3.05, 3.63) is 35.4 Å². The fourth-order valence-electron chi connectivity index (χ4n) is 2.02. The topological polar surface area (TPSA) is 29.5 Å². The smallest absolute Gasteiger partial charge is 0.0833 e. The number of aliphatic hydroxyl groups is 1. The summed E-state index contributed by atoms with van der Waals surface area (Å²) < 4.78 is 5.78. The molecule has 76 valence electrons. The van der Waals surface area contributed by atoms with Gasteiger partial charge >= 0.3 is 0 Å². The second-order valence-corrected chi connectivity index (χ2v) is 3.87. The molecule has 2 rings (SSSR count). The third-order valence-corrected chi connectivity index (χ3v) is 2.80. The first-order valence-corrected chi connectivity index (χ1v) is 5.15. The maximum atomic E-state index is 9.19. The Hall–Kier alpha value is -0.860. The molecule has 1 fully saturated rings. The van der Waals surface area contributed by atoms with Gasteiger partial charge in [0, 0.05) is 0 Å². The lowest BCUT2D eigenvalue weighted by molar-refractivity contribution is 0.0543. The average molecular weight is 192 g/mol. The van der Waals surface area contributed by atoms with Gasteiger partial charge in [-0.05, 0) is 30.9 Å². The Bertz CT molecular complexity index is 309. The summed E-state index contributed by atoms with van der Waals surface area (Å²) in [5.41, 5.74) is 2.14. The van der Waals surface area contributed by atoms with E-state index in [0.29, 0.717) is 6.10 Å². The fraction of sp³-hybridized carbons (Fsp3) is 0.500. The maximum Gasteiger partial charge on any atom is 0.0833 e. The van der Waals surface area contributed by atoms with Crippen molar-refractivity contribution in [1.29, 1.82) is 0 Å². The highest BCUT2D eigenvalue weighted by Crippen LogP contribution is 2.34. The third kappa shape index (κ3) is 1.81. The highest BCUT2D eigenvalue weighted by atomic mass is 16.5. The van der Waals surface area contributed by atoms with E-state index in [1.165, 1.54) is 0 Å². The second-order valence-electron chi connectivity index (χ2n) is 3.87. The third-order valence-electron chi connectivity index (χ3n) is 2.80. The summed E-state index contributed by atoms with van der Waals surface area (Å²) in [5.74, 6) is 0. The first-order chi connectivity index (χ1) is 6.81. The Morgan fingerprint density at radius 2 is 2.14 bits per heavy atom. The van der Waals surface area contributed by atoms with Crippen molar-refractivity contribution in [2.75, 3.05) is 0 Å². The van der Waals surface area contributed by atoms with E-state index >= 15 is 0 Å². The summed E-state index contributed by atoms with van der Waals surface area (Å²) in [7, 11) is 0. The fourth-order valence-corrected chi connectivity index (χ4v) is 2.02. The molecule has 1 N–H and O–H groups in total. The van der Waals surface area contributed by atoms with Crippen LogP contribution in [0.2, 0.25) is 0 Å². The molecule has 0 amide bonds. The van der Waals surface area contributed by atoms with Crippen molar-refractivity contribution in [3.8, 4) is 0 Å². The molecule has 0 radical (unpaired) electrons. The van der Waals surface area contributed by atoms with Gasteiger partial charge in [-0.3, -0.25) is 0 Å². The Labute approximate surface area is 84.5 Å². The van der Waals surface area contributed by atoms with Crippen molar-refractivity contribution in [1.82, 2.24) is 0 Å². The predicted molar refractivity (Wildman–Crippen MR) is 54.9 cm³/mol. The number of benzene rings is 1. The Morgan fingerprint density at radius 3 is 2.79 bits per heavy atom. The zero-order chi connectivity index (χ0) is 9.97. The second kappa shape index (κ2) is 4.11. The molecule has 0 spiro atoms. The van der Waals surface area contributed by atoms with Gasteiger partial charge in [-0.25, -0.2) is 0 Å². The van der Waals surface area contributed by atoms with Crippen molar-refractivity contribution in [2.45, 2.75) is 38.6 Å². The molecule has 1 aliphatic heterocycles. The Morgan fingerprint density at radius 1 is 1.36 bits per heavy atom. The van der Waals surface area contributed by atoms with E-state index in [0.717, 1.165) is 24.0 Å². The quantitative estimate of drug-likeness (QED) is 0.779. The molecule has 0 bridgehead atoms. The molecule has 1 aliphatic rings. The van der Waals surface area contributed by atoms with E-state index in [1.54, 1.807) is 0 Å². The number of hydrogen-bond donors (Lipinski definition) is 1. The van der Waals surface area contributed by atoms with Gasteiger partial charge in [0.2, 0.25) is 0 Å². The molecule has 2 nitrogen and oxygen atoms in total.